The highest BCUT2D eigenvalue weighted by Crippen LogP contribution is 2.41. The van der Waals surface area contributed by atoms with Gasteiger partial charge >= 0.3 is 0 Å². The van der Waals surface area contributed by atoms with Crippen molar-refractivity contribution in [3.63, 3.8) is 0 Å². The number of nitrogens with one attached hydrogen (secondary N) is 1. The lowest BCUT2D eigenvalue weighted by Crippen LogP contribution is -2.49. The Balaban J connectivity index is 1.76. The minimum atomic E-state index is 0.0270. The molecule has 0 radical (unpaired) electrons. The maximum Gasteiger partial charge on any atom is 0.241 e. The van der Waals surface area contributed by atoms with Crippen LogP contribution in [0.2, 0.25) is 0 Å². The number of carbonyl (C=O) groups excluding carboxylic acids is 1. The summed E-state index contributed by atoms with van der Waals surface area (Å²) in [6, 6.07) is 0.335. The van der Waals surface area contributed by atoms with Crippen LogP contribution in [0.25, 0.3) is 0 Å². The van der Waals surface area contributed by atoms with Crippen molar-refractivity contribution in [2.24, 2.45) is 11.8 Å². The third kappa shape index (κ3) is 3.11. The molecule has 1 aliphatic carbocycles. The quantitative estimate of drug-likeness (QED) is 0.818. The van der Waals surface area contributed by atoms with Gasteiger partial charge in [-0.25, -0.2) is 0 Å². The number of rotatable bonds is 6. The fourth-order valence-electron chi connectivity index (χ4n) is 4.01. The molecular formula is C17H30N2O2. The van der Waals surface area contributed by atoms with Gasteiger partial charge in [0, 0.05) is 6.61 Å². The van der Waals surface area contributed by atoms with E-state index in [2.05, 4.69) is 31.0 Å². The first-order valence-corrected chi connectivity index (χ1v) is 8.81. The predicted molar refractivity (Wildman–Crippen MR) is 82.8 cm³/mol. The maximum absolute atomic E-state index is 12.9. The van der Waals surface area contributed by atoms with Gasteiger partial charge in [-0.3, -0.25) is 10.1 Å². The molecule has 0 aromatic carbocycles. The minimum Gasteiger partial charge on any atom is -0.376 e. The molecule has 1 saturated carbocycles. The molecule has 21 heavy (non-hydrogen) atoms. The summed E-state index contributed by atoms with van der Waals surface area (Å²) in [5.41, 5.74) is 0. The van der Waals surface area contributed by atoms with Crippen LogP contribution in [0.3, 0.4) is 0 Å². The molecule has 4 atom stereocenters. The van der Waals surface area contributed by atoms with Crippen LogP contribution in [-0.4, -0.2) is 41.8 Å². The molecule has 2 saturated heterocycles. The lowest BCUT2D eigenvalue weighted by Gasteiger charge is -2.34. The van der Waals surface area contributed by atoms with Gasteiger partial charge in [0.2, 0.25) is 5.91 Å². The fraction of sp³-hybridized carbons (Fsp3) is 0.941. The summed E-state index contributed by atoms with van der Waals surface area (Å²) >= 11 is 0. The molecule has 0 aromatic rings. The molecule has 3 rings (SSSR count). The zero-order chi connectivity index (χ0) is 15.0. The van der Waals surface area contributed by atoms with Crippen LogP contribution in [0.5, 0.6) is 0 Å². The molecule has 1 N–H and O–H groups in total. The summed E-state index contributed by atoms with van der Waals surface area (Å²) in [5, 5.41) is 3.60. The van der Waals surface area contributed by atoms with Crippen molar-refractivity contribution in [2.75, 3.05) is 6.61 Å². The van der Waals surface area contributed by atoms with Gasteiger partial charge in [0.15, 0.2) is 0 Å². The lowest BCUT2D eigenvalue weighted by atomic mass is 10.0. The molecule has 2 heterocycles. The van der Waals surface area contributed by atoms with E-state index < -0.39 is 0 Å². The van der Waals surface area contributed by atoms with Crippen molar-refractivity contribution in [1.82, 2.24) is 10.2 Å². The Morgan fingerprint density at radius 1 is 1.33 bits per heavy atom. The molecule has 120 valence electrons. The molecule has 4 unspecified atom stereocenters. The minimum absolute atomic E-state index is 0.0270. The van der Waals surface area contributed by atoms with E-state index in [1.54, 1.807) is 0 Å². The highest BCUT2D eigenvalue weighted by atomic mass is 16.5. The summed E-state index contributed by atoms with van der Waals surface area (Å²) < 4.78 is 5.98. The maximum atomic E-state index is 12.9. The third-order valence-electron chi connectivity index (χ3n) is 5.10. The first-order chi connectivity index (χ1) is 10.1. The Kier molecular flexibility index (Phi) is 4.55. The van der Waals surface area contributed by atoms with E-state index in [1.165, 1.54) is 12.8 Å². The van der Waals surface area contributed by atoms with Crippen molar-refractivity contribution in [1.29, 1.82) is 0 Å². The van der Waals surface area contributed by atoms with E-state index in [-0.39, 0.29) is 12.2 Å². The SMILES string of the molecule is CCCC1NC(CC(C)C)N(C2CCOC2C2CC2)C1=O. The van der Waals surface area contributed by atoms with Gasteiger partial charge in [-0.1, -0.05) is 27.2 Å². The highest BCUT2D eigenvalue weighted by molar-refractivity contribution is 5.84. The Morgan fingerprint density at radius 2 is 2.10 bits per heavy atom. The number of ether oxygens (including phenoxy) is 1. The van der Waals surface area contributed by atoms with Crippen molar-refractivity contribution in [3.05, 3.63) is 0 Å². The Bertz CT molecular complexity index is 381. The van der Waals surface area contributed by atoms with Gasteiger partial charge in [-0.2, -0.15) is 0 Å². The number of hydrogen-bond donors (Lipinski definition) is 1. The van der Waals surface area contributed by atoms with E-state index in [0.29, 0.717) is 29.9 Å². The standard InChI is InChI=1S/C17H30N2O2/c1-4-5-13-17(20)19(15(18-13)10-11(2)3)14-8-9-21-16(14)12-6-7-12/h11-16,18H,4-10H2,1-3H3. The highest BCUT2D eigenvalue weighted by Gasteiger charge is 2.50. The fourth-order valence-corrected chi connectivity index (χ4v) is 4.01. The van der Waals surface area contributed by atoms with Crippen LogP contribution < -0.4 is 5.32 Å². The van der Waals surface area contributed by atoms with Crippen LogP contribution in [-0.2, 0) is 9.53 Å². The molecule has 2 aliphatic heterocycles. The van der Waals surface area contributed by atoms with Gasteiger partial charge < -0.3 is 9.64 Å². The topological polar surface area (TPSA) is 41.6 Å². The molecule has 3 fully saturated rings. The second kappa shape index (κ2) is 6.25. The van der Waals surface area contributed by atoms with Crippen LogP contribution in [0.1, 0.15) is 59.3 Å². The Morgan fingerprint density at radius 3 is 2.71 bits per heavy atom. The number of amides is 1. The van der Waals surface area contributed by atoms with Crippen molar-refractivity contribution in [2.45, 2.75) is 83.6 Å². The normalized spacial score (nSPS) is 37.0. The number of hydrogen-bond acceptors (Lipinski definition) is 3. The average molecular weight is 294 g/mol. The second-order valence-electron chi connectivity index (χ2n) is 7.43. The number of nitrogens with zero attached hydrogens (tertiary/aromatic N) is 1. The largest absolute Gasteiger partial charge is 0.376 e. The molecule has 1 amide bonds. The van der Waals surface area contributed by atoms with Crippen molar-refractivity contribution >= 4 is 5.91 Å². The van der Waals surface area contributed by atoms with Crippen LogP contribution >= 0.6 is 0 Å². The molecule has 0 spiro atoms. The molecule has 4 nitrogen and oxygen atoms in total. The zero-order valence-electron chi connectivity index (χ0n) is 13.7. The third-order valence-corrected chi connectivity index (χ3v) is 5.10. The lowest BCUT2D eigenvalue weighted by molar-refractivity contribution is -0.134. The van der Waals surface area contributed by atoms with E-state index in [9.17, 15) is 4.79 Å². The molecule has 0 bridgehead atoms. The summed E-state index contributed by atoms with van der Waals surface area (Å²) in [6.07, 6.45) is 7.13. The Labute approximate surface area is 128 Å². The first-order valence-electron chi connectivity index (χ1n) is 8.81. The van der Waals surface area contributed by atoms with E-state index in [1.807, 2.05) is 0 Å². The molecule has 0 aromatic heterocycles. The first kappa shape index (κ1) is 15.3. The average Bonchev–Trinajstić information content (AvgIpc) is 3.09. The van der Waals surface area contributed by atoms with Gasteiger partial charge in [0.25, 0.3) is 0 Å². The van der Waals surface area contributed by atoms with Gasteiger partial charge in [-0.05, 0) is 43.9 Å². The van der Waals surface area contributed by atoms with E-state index in [0.717, 1.165) is 32.3 Å². The van der Waals surface area contributed by atoms with E-state index >= 15 is 0 Å². The van der Waals surface area contributed by atoms with Crippen molar-refractivity contribution < 1.29 is 9.53 Å². The Hall–Kier alpha value is -0.610. The summed E-state index contributed by atoms with van der Waals surface area (Å²) in [4.78, 5) is 15.0. The van der Waals surface area contributed by atoms with Gasteiger partial charge in [-0.15, -0.1) is 0 Å². The van der Waals surface area contributed by atoms with E-state index in [4.69, 9.17) is 4.74 Å². The second-order valence-corrected chi connectivity index (χ2v) is 7.43. The molecule has 3 aliphatic rings. The zero-order valence-corrected chi connectivity index (χ0v) is 13.7. The molecular weight excluding hydrogens is 264 g/mol. The molecule has 4 heteroatoms. The predicted octanol–water partition coefficient (Wildman–Crippen LogP) is 2.53. The number of carbonyl (C=O) groups is 1. The van der Waals surface area contributed by atoms with Crippen LogP contribution in [0, 0.1) is 11.8 Å². The monoisotopic (exact) mass is 294 g/mol. The van der Waals surface area contributed by atoms with Gasteiger partial charge in [0.05, 0.1) is 24.4 Å². The summed E-state index contributed by atoms with van der Waals surface area (Å²) in [6.45, 7) is 7.45. The van der Waals surface area contributed by atoms with Crippen LogP contribution in [0.15, 0.2) is 0 Å². The van der Waals surface area contributed by atoms with Gasteiger partial charge in [0.1, 0.15) is 0 Å². The smallest absolute Gasteiger partial charge is 0.241 e. The van der Waals surface area contributed by atoms with Crippen LogP contribution in [0.4, 0.5) is 0 Å². The summed E-state index contributed by atoms with van der Waals surface area (Å²) in [7, 11) is 0. The van der Waals surface area contributed by atoms with Crippen molar-refractivity contribution in [3.8, 4) is 0 Å². The summed E-state index contributed by atoms with van der Waals surface area (Å²) in [5.74, 6) is 1.62.